The first-order valence-electron chi connectivity index (χ1n) is 10.9. The van der Waals surface area contributed by atoms with Crippen LogP contribution in [0, 0.1) is 5.92 Å². The molecule has 1 N–H and O–H groups in total. The fraction of sp³-hybridized carbons (Fsp3) is 0.609. The maximum absolute atomic E-state index is 14.4. The minimum atomic E-state index is -1.24. The van der Waals surface area contributed by atoms with Crippen molar-refractivity contribution in [2.45, 2.75) is 70.0 Å². The summed E-state index contributed by atoms with van der Waals surface area (Å²) in [6.45, 7) is 0.851. The molecule has 2 heterocycles. The van der Waals surface area contributed by atoms with Gasteiger partial charge in [-0.05, 0) is 24.5 Å². The summed E-state index contributed by atoms with van der Waals surface area (Å²) >= 11 is 6.45. The predicted molar refractivity (Wildman–Crippen MR) is 115 cm³/mol. The molecule has 0 unspecified atom stereocenters. The Morgan fingerprint density at radius 3 is 2.69 bits per heavy atom. The van der Waals surface area contributed by atoms with E-state index in [2.05, 4.69) is 5.32 Å². The van der Waals surface area contributed by atoms with Gasteiger partial charge in [-0.15, -0.1) is 0 Å². The van der Waals surface area contributed by atoms with E-state index in [-0.39, 0.29) is 19.1 Å². The standard InChI is InChI=1S/C23H30ClFN2O2/c24-18-8-5-9-20-22(18)19(14-27(20)13-12-23(25)15-29-16-23)26-21(28)11-10-17-6-3-1-2-4-7-17/h5,8-9,14,17H,1-4,6-7,10-13,15-16H2,(H,26,28). The van der Waals surface area contributed by atoms with Crippen LogP contribution in [0.3, 0.4) is 0 Å². The molecule has 0 atom stereocenters. The van der Waals surface area contributed by atoms with Crippen LogP contribution in [0.1, 0.15) is 57.8 Å². The van der Waals surface area contributed by atoms with Gasteiger partial charge >= 0.3 is 0 Å². The first-order valence-corrected chi connectivity index (χ1v) is 11.3. The first kappa shape index (κ1) is 20.7. The van der Waals surface area contributed by atoms with E-state index in [1.165, 1.54) is 38.5 Å². The number of hydrogen-bond donors (Lipinski definition) is 1. The van der Waals surface area contributed by atoms with E-state index in [0.29, 0.717) is 36.0 Å². The van der Waals surface area contributed by atoms with E-state index >= 15 is 0 Å². The molecule has 1 aliphatic carbocycles. The number of alkyl halides is 1. The highest BCUT2D eigenvalue weighted by Crippen LogP contribution is 2.34. The van der Waals surface area contributed by atoms with Gasteiger partial charge in [0.15, 0.2) is 5.67 Å². The van der Waals surface area contributed by atoms with Gasteiger partial charge in [0.25, 0.3) is 0 Å². The van der Waals surface area contributed by atoms with Crippen molar-refractivity contribution in [2.24, 2.45) is 5.92 Å². The van der Waals surface area contributed by atoms with Gasteiger partial charge in [-0.2, -0.15) is 0 Å². The predicted octanol–water partition coefficient (Wildman–Crippen LogP) is 6.11. The molecule has 1 saturated carbocycles. The van der Waals surface area contributed by atoms with Crippen LogP contribution in [0.25, 0.3) is 10.9 Å². The van der Waals surface area contributed by atoms with Crippen molar-refractivity contribution in [3.63, 3.8) is 0 Å². The Morgan fingerprint density at radius 1 is 1.24 bits per heavy atom. The molecule has 1 aromatic heterocycles. The molecule has 0 spiro atoms. The highest BCUT2D eigenvalue weighted by atomic mass is 35.5. The molecule has 6 heteroatoms. The van der Waals surface area contributed by atoms with Crippen LogP contribution < -0.4 is 5.32 Å². The third kappa shape index (κ3) is 4.95. The minimum absolute atomic E-state index is 0.0302. The average molecular weight is 421 g/mol. The smallest absolute Gasteiger partial charge is 0.224 e. The molecule has 1 amide bonds. The van der Waals surface area contributed by atoms with Crippen molar-refractivity contribution < 1.29 is 13.9 Å². The topological polar surface area (TPSA) is 43.3 Å². The van der Waals surface area contributed by atoms with Gasteiger partial charge in [-0.1, -0.05) is 56.2 Å². The molecular formula is C23H30ClFN2O2. The Bertz CT molecular complexity index is 854. The quantitative estimate of drug-likeness (QED) is 0.549. The lowest BCUT2D eigenvalue weighted by Crippen LogP contribution is -2.46. The number of hydrogen-bond acceptors (Lipinski definition) is 2. The van der Waals surface area contributed by atoms with Crippen LogP contribution in [0.15, 0.2) is 24.4 Å². The number of aromatic nitrogens is 1. The first-order chi connectivity index (χ1) is 14.0. The van der Waals surface area contributed by atoms with Gasteiger partial charge in [0.1, 0.15) is 0 Å². The Kier molecular flexibility index (Phi) is 6.45. The number of ether oxygens (including phenoxy) is 1. The van der Waals surface area contributed by atoms with Gasteiger partial charge in [0.2, 0.25) is 5.91 Å². The zero-order valence-electron chi connectivity index (χ0n) is 16.9. The van der Waals surface area contributed by atoms with Crippen molar-refractivity contribution in [3.8, 4) is 0 Å². The Labute approximate surface area is 176 Å². The van der Waals surface area contributed by atoms with Gasteiger partial charge in [-0.25, -0.2) is 4.39 Å². The molecule has 4 rings (SSSR count). The Morgan fingerprint density at radius 2 is 2.00 bits per heavy atom. The third-order valence-corrected chi connectivity index (χ3v) is 6.72. The van der Waals surface area contributed by atoms with Crippen molar-refractivity contribution in [1.29, 1.82) is 0 Å². The Hall–Kier alpha value is -1.59. The van der Waals surface area contributed by atoms with E-state index in [4.69, 9.17) is 16.3 Å². The molecule has 29 heavy (non-hydrogen) atoms. The lowest BCUT2D eigenvalue weighted by atomic mass is 9.95. The summed E-state index contributed by atoms with van der Waals surface area (Å²) < 4.78 is 21.4. The van der Waals surface area contributed by atoms with Crippen molar-refractivity contribution in [3.05, 3.63) is 29.4 Å². The summed E-state index contributed by atoms with van der Waals surface area (Å²) in [6, 6.07) is 5.67. The highest BCUT2D eigenvalue weighted by molar-refractivity contribution is 6.36. The second-order valence-electron chi connectivity index (χ2n) is 8.71. The molecule has 0 bridgehead atoms. The number of benzene rings is 1. The van der Waals surface area contributed by atoms with Crippen molar-refractivity contribution in [2.75, 3.05) is 18.5 Å². The molecule has 1 saturated heterocycles. The fourth-order valence-electron chi connectivity index (χ4n) is 4.58. The molecule has 158 valence electrons. The lowest BCUT2D eigenvalue weighted by Gasteiger charge is -2.33. The SMILES string of the molecule is O=C(CCC1CCCCCC1)Nc1cn(CCC2(F)COC2)c2cccc(Cl)c12. The number of nitrogens with one attached hydrogen (secondary N) is 1. The highest BCUT2D eigenvalue weighted by Gasteiger charge is 2.38. The molecular weight excluding hydrogens is 391 g/mol. The van der Waals surface area contributed by atoms with Crippen molar-refractivity contribution >= 4 is 34.1 Å². The normalized spacial score (nSPS) is 19.7. The summed E-state index contributed by atoms with van der Waals surface area (Å²) in [5, 5.41) is 4.49. The number of amides is 1. The summed E-state index contributed by atoms with van der Waals surface area (Å²) in [5.41, 5.74) is 0.395. The maximum atomic E-state index is 14.4. The summed E-state index contributed by atoms with van der Waals surface area (Å²) in [7, 11) is 0. The molecule has 2 fully saturated rings. The number of rotatable bonds is 7. The zero-order valence-corrected chi connectivity index (χ0v) is 17.6. The molecule has 1 aliphatic heterocycles. The van der Waals surface area contributed by atoms with Crippen LogP contribution in [0.4, 0.5) is 10.1 Å². The van der Waals surface area contributed by atoms with Gasteiger partial charge < -0.3 is 14.6 Å². The molecule has 4 nitrogen and oxygen atoms in total. The number of halogens is 2. The van der Waals surface area contributed by atoms with Crippen LogP contribution in [0.5, 0.6) is 0 Å². The van der Waals surface area contributed by atoms with Crippen LogP contribution in [0.2, 0.25) is 5.02 Å². The number of fused-ring (bicyclic) bond motifs is 1. The van der Waals surface area contributed by atoms with Crippen LogP contribution in [-0.2, 0) is 16.1 Å². The second-order valence-corrected chi connectivity index (χ2v) is 9.12. The molecule has 2 aliphatic rings. The van der Waals surface area contributed by atoms with Crippen LogP contribution >= 0.6 is 11.6 Å². The van der Waals surface area contributed by atoms with E-state index < -0.39 is 5.67 Å². The molecule has 0 radical (unpaired) electrons. The Balaban J connectivity index is 1.43. The monoisotopic (exact) mass is 420 g/mol. The third-order valence-electron chi connectivity index (χ3n) is 6.41. The number of aryl methyl sites for hydroxylation is 1. The fourth-order valence-corrected chi connectivity index (χ4v) is 4.85. The van der Waals surface area contributed by atoms with Gasteiger partial charge in [0.05, 0.1) is 29.4 Å². The van der Waals surface area contributed by atoms with E-state index in [1.807, 2.05) is 29.0 Å². The zero-order chi connectivity index (χ0) is 20.3. The van der Waals surface area contributed by atoms with E-state index in [9.17, 15) is 9.18 Å². The summed E-state index contributed by atoms with van der Waals surface area (Å²) in [5.74, 6) is 0.696. The number of nitrogens with zero attached hydrogens (tertiary/aromatic N) is 1. The minimum Gasteiger partial charge on any atom is -0.375 e. The lowest BCUT2D eigenvalue weighted by molar-refractivity contribution is -0.134. The van der Waals surface area contributed by atoms with Gasteiger partial charge in [0, 0.05) is 31.0 Å². The van der Waals surface area contributed by atoms with E-state index in [0.717, 1.165) is 17.3 Å². The number of anilines is 1. The van der Waals surface area contributed by atoms with Crippen molar-refractivity contribution in [1.82, 2.24) is 4.57 Å². The number of carbonyl (C=O) groups excluding carboxylic acids is 1. The van der Waals surface area contributed by atoms with Gasteiger partial charge in [-0.3, -0.25) is 4.79 Å². The summed E-state index contributed by atoms with van der Waals surface area (Å²) in [6.07, 6.45) is 11.5. The number of carbonyl (C=O) groups is 1. The van der Waals surface area contributed by atoms with E-state index in [1.54, 1.807) is 0 Å². The molecule has 1 aromatic carbocycles. The average Bonchev–Trinajstić information content (AvgIpc) is 2.85. The van der Waals surface area contributed by atoms with Crippen LogP contribution in [-0.4, -0.2) is 29.4 Å². The molecule has 2 aromatic rings. The largest absolute Gasteiger partial charge is 0.375 e. The maximum Gasteiger partial charge on any atom is 0.224 e. The second kappa shape index (κ2) is 9.05. The summed E-state index contributed by atoms with van der Waals surface area (Å²) in [4.78, 5) is 12.6.